The molecule has 4 rings (SSSR count). The summed E-state index contributed by atoms with van der Waals surface area (Å²) >= 11 is 7.51. The highest BCUT2D eigenvalue weighted by atomic mass is 35.5. The Labute approximate surface area is 165 Å². The average Bonchev–Trinajstić information content (AvgIpc) is 3.26. The first kappa shape index (κ1) is 18.0. The summed E-state index contributed by atoms with van der Waals surface area (Å²) < 4.78 is 7.27. The lowest BCUT2D eigenvalue weighted by atomic mass is 10.1. The maximum absolute atomic E-state index is 13.1. The number of esters is 1. The molecule has 0 spiro atoms. The Kier molecular flexibility index (Phi) is 5.13. The van der Waals surface area contributed by atoms with E-state index >= 15 is 0 Å². The molecular weight excluding hydrogens is 386 g/mol. The molecule has 3 heterocycles. The number of aromatic nitrogens is 2. The first-order valence-electron chi connectivity index (χ1n) is 8.81. The van der Waals surface area contributed by atoms with Crippen molar-refractivity contribution in [3.63, 3.8) is 0 Å². The van der Waals surface area contributed by atoms with Crippen LogP contribution in [0.25, 0.3) is 4.96 Å². The van der Waals surface area contributed by atoms with Crippen LogP contribution < -0.4 is 0 Å². The fraction of sp³-hybridized carbons (Fsp3) is 0.316. The number of thiazole rings is 1. The summed E-state index contributed by atoms with van der Waals surface area (Å²) in [6.45, 7) is 1.36. The summed E-state index contributed by atoms with van der Waals surface area (Å²) in [4.78, 5) is 32.5. The highest BCUT2D eigenvalue weighted by molar-refractivity contribution is 7.15. The smallest absolute Gasteiger partial charge is 0.359 e. The number of nitrogens with zero attached hydrogens (tertiary/aromatic N) is 3. The lowest BCUT2D eigenvalue weighted by molar-refractivity contribution is -0.142. The molecule has 0 radical (unpaired) electrons. The predicted molar refractivity (Wildman–Crippen MR) is 103 cm³/mol. The van der Waals surface area contributed by atoms with Gasteiger partial charge in [0.2, 0.25) is 6.10 Å². The van der Waals surface area contributed by atoms with E-state index in [1.807, 2.05) is 23.6 Å². The van der Waals surface area contributed by atoms with Gasteiger partial charge in [0, 0.05) is 30.2 Å². The van der Waals surface area contributed by atoms with Crippen molar-refractivity contribution in [2.75, 3.05) is 13.1 Å². The van der Waals surface area contributed by atoms with Gasteiger partial charge < -0.3 is 9.64 Å². The summed E-state index contributed by atoms with van der Waals surface area (Å²) in [5.74, 6) is -0.860. The van der Waals surface area contributed by atoms with Crippen molar-refractivity contribution >= 4 is 39.8 Å². The van der Waals surface area contributed by atoms with E-state index in [9.17, 15) is 9.59 Å². The number of piperidine rings is 1. The van der Waals surface area contributed by atoms with Gasteiger partial charge in [-0.2, -0.15) is 0 Å². The fourth-order valence-electron chi connectivity index (χ4n) is 3.27. The minimum atomic E-state index is -1.00. The molecule has 1 aliphatic heterocycles. The van der Waals surface area contributed by atoms with Gasteiger partial charge in [-0.25, -0.2) is 9.78 Å². The lowest BCUT2D eigenvalue weighted by Crippen LogP contribution is -2.40. The number of hydrogen-bond acceptors (Lipinski definition) is 5. The van der Waals surface area contributed by atoms with Crippen molar-refractivity contribution in [2.24, 2.45) is 0 Å². The van der Waals surface area contributed by atoms with Crippen molar-refractivity contribution in [1.29, 1.82) is 0 Å². The van der Waals surface area contributed by atoms with Crippen LogP contribution >= 0.6 is 22.9 Å². The lowest BCUT2D eigenvalue weighted by Gasteiger charge is -2.30. The number of imidazole rings is 1. The van der Waals surface area contributed by atoms with Crippen LogP contribution in [0, 0.1) is 0 Å². The number of benzene rings is 1. The van der Waals surface area contributed by atoms with Crippen molar-refractivity contribution in [2.45, 2.75) is 25.4 Å². The monoisotopic (exact) mass is 403 g/mol. The molecule has 0 aliphatic carbocycles. The summed E-state index contributed by atoms with van der Waals surface area (Å²) in [5.41, 5.74) is 0.781. The zero-order valence-corrected chi connectivity index (χ0v) is 16.1. The number of carbonyl (C=O) groups is 2. The molecule has 0 saturated carbocycles. The molecule has 0 unspecified atom stereocenters. The minimum absolute atomic E-state index is 0.0732. The van der Waals surface area contributed by atoms with Crippen LogP contribution in [0.4, 0.5) is 0 Å². The van der Waals surface area contributed by atoms with E-state index in [0.29, 0.717) is 23.6 Å². The van der Waals surface area contributed by atoms with E-state index in [2.05, 4.69) is 4.98 Å². The molecule has 1 atom stereocenters. The molecule has 1 aliphatic rings. The van der Waals surface area contributed by atoms with Gasteiger partial charge in [-0.3, -0.25) is 9.20 Å². The van der Waals surface area contributed by atoms with Gasteiger partial charge in [-0.15, -0.1) is 11.3 Å². The van der Waals surface area contributed by atoms with E-state index in [0.717, 1.165) is 19.3 Å². The first-order chi connectivity index (χ1) is 13.1. The number of fused-ring (bicyclic) bond motifs is 1. The number of rotatable bonds is 4. The molecule has 3 aromatic rings. The largest absolute Gasteiger partial charge is 0.443 e. The number of halogens is 1. The van der Waals surface area contributed by atoms with E-state index in [1.165, 1.54) is 11.3 Å². The molecule has 27 heavy (non-hydrogen) atoms. The number of likely N-dealkylation sites (tertiary alicyclic amines) is 1. The van der Waals surface area contributed by atoms with Gasteiger partial charge in [-0.1, -0.05) is 41.9 Å². The van der Waals surface area contributed by atoms with Crippen LogP contribution in [0.15, 0.2) is 41.9 Å². The van der Waals surface area contributed by atoms with Crippen molar-refractivity contribution < 1.29 is 14.3 Å². The standard InChI is InChI=1S/C19H18ClN3O3S/c20-16-14(23-11-12-27-19(23)21-16)18(25)26-15(13-7-3-1-4-8-13)17(24)22-9-5-2-6-10-22/h1,3-4,7-8,11-12,15H,2,5-6,9-10H2/t15-/m0/s1. The van der Waals surface area contributed by atoms with Gasteiger partial charge in [0.25, 0.3) is 5.91 Å². The third kappa shape index (κ3) is 3.57. The van der Waals surface area contributed by atoms with Gasteiger partial charge in [0.15, 0.2) is 15.8 Å². The topological polar surface area (TPSA) is 63.9 Å². The number of hydrogen-bond donors (Lipinski definition) is 0. The second kappa shape index (κ2) is 7.70. The van der Waals surface area contributed by atoms with Gasteiger partial charge in [0.05, 0.1) is 0 Å². The normalized spacial score (nSPS) is 15.7. The minimum Gasteiger partial charge on any atom is -0.443 e. The molecule has 140 valence electrons. The first-order valence-corrected chi connectivity index (χ1v) is 10.1. The molecule has 8 heteroatoms. The Morgan fingerprint density at radius 2 is 1.89 bits per heavy atom. The second-order valence-electron chi connectivity index (χ2n) is 6.39. The van der Waals surface area contributed by atoms with Crippen LogP contribution in [0.5, 0.6) is 0 Å². The van der Waals surface area contributed by atoms with Crippen LogP contribution in [0.2, 0.25) is 5.15 Å². The molecule has 6 nitrogen and oxygen atoms in total. The van der Waals surface area contributed by atoms with Crippen LogP contribution in [-0.4, -0.2) is 39.3 Å². The predicted octanol–water partition coefficient (Wildman–Crippen LogP) is 3.96. The maximum Gasteiger partial charge on any atom is 0.359 e. The summed E-state index contributed by atoms with van der Waals surface area (Å²) in [5, 5.41) is 1.88. The van der Waals surface area contributed by atoms with Crippen LogP contribution in [0.3, 0.4) is 0 Å². The summed E-state index contributed by atoms with van der Waals surface area (Å²) in [7, 11) is 0. The summed E-state index contributed by atoms with van der Waals surface area (Å²) in [6.07, 6.45) is 3.74. The third-order valence-electron chi connectivity index (χ3n) is 4.63. The van der Waals surface area contributed by atoms with Crippen molar-refractivity contribution in [3.8, 4) is 0 Å². The molecular formula is C19H18ClN3O3S. The van der Waals surface area contributed by atoms with E-state index < -0.39 is 12.1 Å². The van der Waals surface area contributed by atoms with Crippen molar-refractivity contribution in [1.82, 2.24) is 14.3 Å². The molecule has 1 fully saturated rings. The van der Waals surface area contributed by atoms with E-state index in [1.54, 1.807) is 27.6 Å². The average molecular weight is 404 g/mol. The Bertz CT molecular complexity index is 963. The molecule has 1 saturated heterocycles. The summed E-state index contributed by atoms with van der Waals surface area (Å²) in [6, 6.07) is 9.08. The van der Waals surface area contributed by atoms with Gasteiger partial charge in [0.1, 0.15) is 0 Å². The Morgan fingerprint density at radius 3 is 2.63 bits per heavy atom. The third-order valence-corrected chi connectivity index (χ3v) is 5.65. The molecule has 0 bridgehead atoms. The van der Waals surface area contributed by atoms with E-state index in [4.69, 9.17) is 16.3 Å². The number of carbonyl (C=O) groups excluding carboxylic acids is 2. The van der Waals surface area contributed by atoms with Crippen LogP contribution in [0.1, 0.15) is 41.4 Å². The quantitative estimate of drug-likeness (QED) is 0.618. The highest BCUT2D eigenvalue weighted by Crippen LogP contribution is 2.27. The SMILES string of the molecule is O=C(O[C@H](C(=O)N1CCCCC1)c1ccccc1)c1c(Cl)nc2sccn12. The number of ether oxygens (including phenoxy) is 1. The fourth-order valence-corrected chi connectivity index (χ4v) is 4.29. The van der Waals surface area contributed by atoms with Crippen LogP contribution in [-0.2, 0) is 9.53 Å². The molecule has 1 aromatic carbocycles. The molecule has 2 aromatic heterocycles. The van der Waals surface area contributed by atoms with E-state index in [-0.39, 0.29) is 16.8 Å². The molecule has 1 amide bonds. The van der Waals surface area contributed by atoms with Gasteiger partial charge in [-0.05, 0) is 19.3 Å². The van der Waals surface area contributed by atoms with Gasteiger partial charge >= 0.3 is 5.97 Å². The Morgan fingerprint density at radius 1 is 1.15 bits per heavy atom. The maximum atomic E-state index is 13.1. The Hall–Kier alpha value is -2.38. The zero-order chi connectivity index (χ0) is 18.8. The second-order valence-corrected chi connectivity index (χ2v) is 7.62. The number of amides is 1. The highest BCUT2D eigenvalue weighted by Gasteiger charge is 2.32. The van der Waals surface area contributed by atoms with Crippen molar-refractivity contribution in [3.05, 3.63) is 58.3 Å². The molecule has 0 N–H and O–H groups in total. The Balaban J connectivity index is 1.64. The zero-order valence-electron chi connectivity index (χ0n) is 14.5.